The first-order chi connectivity index (χ1) is 14.6. The number of ether oxygens (including phenoxy) is 1. The van der Waals surface area contributed by atoms with Gasteiger partial charge < -0.3 is 19.6 Å². The van der Waals surface area contributed by atoms with Gasteiger partial charge in [-0.3, -0.25) is 14.9 Å². The van der Waals surface area contributed by atoms with Crippen molar-refractivity contribution in [2.75, 3.05) is 26.3 Å². The van der Waals surface area contributed by atoms with Gasteiger partial charge in [0.25, 0.3) is 0 Å². The molecule has 2 fully saturated rings. The number of amides is 2. The van der Waals surface area contributed by atoms with Gasteiger partial charge in [-0.2, -0.15) is 0 Å². The molecule has 1 aromatic carbocycles. The smallest absolute Gasteiger partial charge is 0.246 e. The minimum absolute atomic E-state index is 0.0231. The van der Waals surface area contributed by atoms with Crippen LogP contribution in [-0.4, -0.2) is 65.0 Å². The Morgan fingerprint density at radius 3 is 2.90 bits per heavy atom. The van der Waals surface area contributed by atoms with Crippen molar-refractivity contribution in [3.63, 3.8) is 0 Å². The van der Waals surface area contributed by atoms with Crippen molar-refractivity contribution in [1.29, 1.82) is 0 Å². The molecule has 30 heavy (non-hydrogen) atoms. The summed E-state index contributed by atoms with van der Waals surface area (Å²) in [7, 11) is 0. The number of fused-ring (bicyclic) bond motifs is 2. The van der Waals surface area contributed by atoms with Gasteiger partial charge in [-0.1, -0.05) is 18.9 Å². The number of aliphatic imine (C=N–C) groups is 1. The van der Waals surface area contributed by atoms with Crippen molar-refractivity contribution in [2.45, 2.75) is 57.5 Å². The van der Waals surface area contributed by atoms with E-state index in [0.29, 0.717) is 44.7 Å². The van der Waals surface area contributed by atoms with Crippen LogP contribution in [0.5, 0.6) is 5.75 Å². The Hall–Kier alpha value is -2.61. The number of unbranched alkanes of at least 4 members (excludes halogenated alkanes) is 1. The second-order valence-corrected chi connectivity index (χ2v) is 8.18. The van der Waals surface area contributed by atoms with Gasteiger partial charge in [0.2, 0.25) is 17.8 Å². The average Bonchev–Trinajstić information content (AvgIpc) is 3.38. The molecule has 1 aromatic rings. The summed E-state index contributed by atoms with van der Waals surface area (Å²) in [6.07, 6.45) is 6.50. The highest BCUT2D eigenvalue weighted by molar-refractivity contribution is 6.05. The predicted octanol–water partition coefficient (Wildman–Crippen LogP) is 1.93. The Bertz CT molecular complexity index is 819. The maximum atomic E-state index is 12.6. The normalized spacial score (nSPS) is 18.0. The molecule has 0 aromatic heterocycles. The number of benzene rings is 1. The first-order valence-corrected chi connectivity index (χ1v) is 10.9. The van der Waals surface area contributed by atoms with Crippen molar-refractivity contribution in [3.8, 4) is 5.75 Å². The van der Waals surface area contributed by atoms with E-state index < -0.39 is 0 Å². The van der Waals surface area contributed by atoms with Gasteiger partial charge in [-0.25, -0.2) is 4.99 Å². The SMILES string of the molecule is O=C1CN2Cc3ccc(OCCCCC(=O)N(CCO)C4CCCC4)cc3N=C2N1. The summed E-state index contributed by atoms with van der Waals surface area (Å²) in [6.45, 7) is 2.02. The lowest BCUT2D eigenvalue weighted by Crippen LogP contribution is -2.40. The molecule has 0 radical (unpaired) electrons. The van der Waals surface area contributed by atoms with E-state index in [0.717, 1.165) is 42.7 Å². The molecule has 2 heterocycles. The van der Waals surface area contributed by atoms with E-state index in [1.165, 1.54) is 12.8 Å². The fourth-order valence-electron chi connectivity index (χ4n) is 4.46. The Balaban J connectivity index is 1.22. The van der Waals surface area contributed by atoms with Gasteiger partial charge in [0.15, 0.2) is 0 Å². The van der Waals surface area contributed by atoms with Gasteiger partial charge in [0, 0.05) is 31.6 Å². The Kier molecular flexibility index (Phi) is 6.52. The maximum Gasteiger partial charge on any atom is 0.246 e. The number of nitrogens with one attached hydrogen (secondary N) is 1. The molecule has 3 aliphatic rings. The van der Waals surface area contributed by atoms with Crippen molar-refractivity contribution in [2.24, 2.45) is 4.99 Å². The van der Waals surface area contributed by atoms with Crippen molar-refractivity contribution in [3.05, 3.63) is 23.8 Å². The van der Waals surface area contributed by atoms with E-state index in [1.807, 2.05) is 28.0 Å². The Morgan fingerprint density at radius 2 is 2.10 bits per heavy atom. The molecule has 0 bridgehead atoms. The first-order valence-electron chi connectivity index (χ1n) is 10.9. The van der Waals surface area contributed by atoms with E-state index in [-0.39, 0.29) is 18.4 Å². The topological polar surface area (TPSA) is 94.5 Å². The molecule has 1 aliphatic carbocycles. The zero-order valence-electron chi connectivity index (χ0n) is 17.3. The Labute approximate surface area is 176 Å². The number of aliphatic hydroxyl groups is 1. The average molecular weight is 415 g/mol. The fourth-order valence-corrected chi connectivity index (χ4v) is 4.46. The number of carbonyl (C=O) groups excluding carboxylic acids is 2. The molecule has 1 saturated heterocycles. The summed E-state index contributed by atoms with van der Waals surface area (Å²) in [5, 5.41) is 12.1. The largest absolute Gasteiger partial charge is 0.494 e. The number of rotatable bonds is 9. The lowest BCUT2D eigenvalue weighted by Gasteiger charge is -2.28. The van der Waals surface area contributed by atoms with Crippen molar-refractivity contribution in [1.82, 2.24) is 15.1 Å². The van der Waals surface area contributed by atoms with Crippen LogP contribution in [0.2, 0.25) is 0 Å². The summed E-state index contributed by atoms with van der Waals surface area (Å²) >= 11 is 0. The first kappa shape index (κ1) is 20.7. The summed E-state index contributed by atoms with van der Waals surface area (Å²) < 4.78 is 5.86. The second kappa shape index (κ2) is 9.47. The lowest BCUT2D eigenvalue weighted by atomic mass is 10.1. The standard InChI is InChI=1S/C22H30N4O4/c27-11-10-26(17-5-1-2-6-17)21(29)7-3-4-12-30-18-9-8-16-14-25-15-20(28)24-22(25)23-19(16)13-18/h8-9,13,17,27H,1-7,10-12,14-15H2,(H,23,24,28). The van der Waals surface area contributed by atoms with Crippen LogP contribution < -0.4 is 10.1 Å². The lowest BCUT2D eigenvalue weighted by molar-refractivity contribution is -0.134. The third-order valence-electron chi connectivity index (χ3n) is 6.01. The number of hydrogen-bond acceptors (Lipinski definition) is 6. The molecule has 8 nitrogen and oxygen atoms in total. The summed E-state index contributed by atoms with van der Waals surface area (Å²) in [6, 6.07) is 6.13. The van der Waals surface area contributed by atoms with Crippen LogP contribution in [0.3, 0.4) is 0 Å². The number of guanidine groups is 1. The van der Waals surface area contributed by atoms with Crippen LogP contribution in [-0.2, 0) is 16.1 Å². The van der Waals surface area contributed by atoms with Crippen LogP contribution in [0, 0.1) is 0 Å². The van der Waals surface area contributed by atoms with Gasteiger partial charge in [-0.05, 0) is 37.3 Å². The molecule has 162 valence electrons. The molecular weight excluding hydrogens is 384 g/mol. The monoisotopic (exact) mass is 414 g/mol. The Morgan fingerprint density at radius 1 is 1.27 bits per heavy atom. The van der Waals surface area contributed by atoms with Crippen LogP contribution >= 0.6 is 0 Å². The maximum absolute atomic E-state index is 12.6. The zero-order valence-corrected chi connectivity index (χ0v) is 17.3. The van der Waals surface area contributed by atoms with Crippen LogP contribution in [0.4, 0.5) is 5.69 Å². The second-order valence-electron chi connectivity index (χ2n) is 8.18. The molecule has 0 unspecified atom stereocenters. The highest BCUT2D eigenvalue weighted by Crippen LogP contribution is 2.31. The minimum Gasteiger partial charge on any atom is -0.494 e. The molecule has 2 N–H and O–H groups in total. The van der Waals surface area contributed by atoms with Gasteiger partial charge >= 0.3 is 0 Å². The molecular formula is C22H30N4O4. The minimum atomic E-state index is -0.0296. The van der Waals surface area contributed by atoms with Crippen LogP contribution in [0.15, 0.2) is 23.2 Å². The number of aliphatic hydroxyl groups excluding tert-OH is 1. The van der Waals surface area contributed by atoms with E-state index in [4.69, 9.17) is 4.74 Å². The third-order valence-corrected chi connectivity index (χ3v) is 6.01. The molecule has 8 heteroatoms. The quantitative estimate of drug-likeness (QED) is 0.602. The highest BCUT2D eigenvalue weighted by atomic mass is 16.5. The zero-order chi connectivity index (χ0) is 20.9. The summed E-state index contributed by atoms with van der Waals surface area (Å²) in [5.74, 6) is 1.47. The third kappa shape index (κ3) is 4.75. The number of nitrogens with zero attached hydrogens (tertiary/aromatic N) is 3. The van der Waals surface area contributed by atoms with Gasteiger partial charge in [0.05, 0.1) is 18.9 Å². The van der Waals surface area contributed by atoms with E-state index in [1.54, 1.807) is 0 Å². The molecule has 1 saturated carbocycles. The van der Waals surface area contributed by atoms with Crippen molar-refractivity contribution >= 4 is 23.5 Å². The van der Waals surface area contributed by atoms with E-state index >= 15 is 0 Å². The van der Waals surface area contributed by atoms with Crippen molar-refractivity contribution < 1.29 is 19.4 Å². The predicted molar refractivity (Wildman–Crippen MR) is 112 cm³/mol. The molecule has 0 atom stereocenters. The van der Waals surface area contributed by atoms with E-state index in [2.05, 4.69) is 10.3 Å². The molecule has 2 amide bonds. The summed E-state index contributed by atoms with van der Waals surface area (Å²) in [5.41, 5.74) is 1.90. The highest BCUT2D eigenvalue weighted by Gasteiger charge is 2.29. The molecule has 2 aliphatic heterocycles. The number of carbonyl (C=O) groups is 2. The van der Waals surface area contributed by atoms with Gasteiger partial charge in [-0.15, -0.1) is 0 Å². The van der Waals surface area contributed by atoms with Crippen LogP contribution in [0.25, 0.3) is 0 Å². The molecule has 4 rings (SSSR count). The van der Waals surface area contributed by atoms with Crippen LogP contribution in [0.1, 0.15) is 50.5 Å². The van der Waals surface area contributed by atoms with Gasteiger partial charge in [0.1, 0.15) is 12.3 Å². The fraction of sp³-hybridized carbons (Fsp3) is 0.591. The molecule has 0 spiro atoms. The number of hydrogen-bond donors (Lipinski definition) is 2. The van der Waals surface area contributed by atoms with E-state index in [9.17, 15) is 14.7 Å². The summed E-state index contributed by atoms with van der Waals surface area (Å²) in [4.78, 5) is 32.4.